The van der Waals surface area contributed by atoms with Crippen molar-refractivity contribution >= 4 is 11.9 Å². The van der Waals surface area contributed by atoms with Gasteiger partial charge < -0.3 is 10.0 Å². The first kappa shape index (κ1) is 17.4. The van der Waals surface area contributed by atoms with Gasteiger partial charge in [0.1, 0.15) is 0 Å². The highest BCUT2D eigenvalue weighted by molar-refractivity contribution is 5.76. The number of aryl methyl sites for hydroxylation is 1. The number of benzene rings is 1. The maximum atomic E-state index is 13.6. The summed E-state index contributed by atoms with van der Waals surface area (Å²) in [4.78, 5) is 24.6. The summed E-state index contributed by atoms with van der Waals surface area (Å²) in [7, 11) is 0. The Bertz CT molecular complexity index is 577. The topological polar surface area (TPSA) is 57.6 Å². The number of amides is 1. The number of likely N-dealkylation sites (tertiary alicyclic amines) is 1. The zero-order valence-corrected chi connectivity index (χ0v) is 12.9. The molecule has 1 aliphatic heterocycles. The lowest BCUT2D eigenvalue weighted by molar-refractivity contribution is -0.137. The number of nitrogens with zero attached hydrogens (tertiary/aromatic N) is 1. The Labute approximate surface area is 134 Å². The Morgan fingerprint density at radius 2 is 2.04 bits per heavy atom. The zero-order valence-electron chi connectivity index (χ0n) is 12.9. The fourth-order valence-electron chi connectivity index (χ4n) is 3.00. The zero-order chi connectivity index (χ0) is 16.8. The molecule has 1 aliphatic rings. The number of hydrogen-bond acceptors (Lipinski definition) is 2. The van der Waals surface area contributed by atoms with Gasteiger partial charge in [0.25, 0.3) is 0 Å². The van der Waals surface area contributed by atoms with E-state index < -0.39 is 17.6 Å². The molecule has 6 heteroatoms. The molecule has 1 aromatic rings. The second-order valence-corrected chi connectivity index (χ2v) is 5.99. The van der Waals surface area contributed by atoms with E-state index in [1.54, 1.807) is 4.90 Å². The van der Waals surface area contributed by atoms with E-state index in [0.29, 0.717) is 19.5 Å². The molecule has 2 rings (SSSR count). The van der Waals surface area contributed by atoms with E-state index in [1.807, 2.05) is 0 Å². The van der Waals surface area contributed by atoms with Gasteiger partial charge in [-0.25, -0.2) is 8.78 Å². The summed E-state index contributed by atoms with van der Waals surface area (Å²) in [5.74, 6) is -2.50. The molecule has 1 saturated heterocycles. The van der Waals surface area contributed by atoms with Crippen LogP contribution in [0.25, 0.3) is 0 Å². The van der Waals surface area contributed by atoms with Gasteiger partial charge in [0.05, 0.1) is 0 Å². The molecule has 0 bridgehead atoms. The molecule has 1 unspecified atom stereocenters. The summed E-state index contributed by atoms with van der Waals surface area (Å²) >= 11 is 0. The van der Waals surface area contributed by atoms with Crippen molar-refractivity contribution in [3.63, 3.8) is 0 Å². The molecule has 4 nitrogen and oxygen atoms in total. The average molecular weight is 325 g/mol. The summed E-state index contributed by atoms with van der Waals surface area (Å²) in [5, 5.41) is 8.73. The number of halogens is 2. The minimum absolute atomic E-state index is 0.0892. The van der Waals surface area contributed by atoms with Crippen LogP contribution in [0.5, 0.6) is 0 Å². The summed E-state index contributed by atoms with van der Waals surface area (Å²) in [6.07, 6.45) is 2.75. The standard InChI is InChI=1S/C17H21F2NO3/c18-14-5-1-4-13(17(14)19)7-8-15(21)20-10-2-3-12(11-20)6-9-16(22)23/h1,4-5,12H,2-3,6-11H2,(H,22,23). The second kappa shape index (κ2) is 8.04. The van der Waals surface area contributed by atoms with E-state index >= 15 is 0 Å². The van der Waals surface area contributed by atoms with E-state index in [1.165, 1.54) is 12.1 Å². The lowest BCUT2D eigenvalue weighted by atomic mass is 9.93. The Morgan fingerprint density at radius 3 is 2.78 bits per heavy atom. The number of carboxylic acid groups (broad SMARTS) is 1. The fourth-order valence-corrected chi connectivity index (χ4v) is 3.00. The number of carboxylic acids is 1. The van der Waals surface area contributed by atoms with Crippen LogP contribution in [-0.2, 0) is 16.0 Å². The van der Waals surface area contributed by atoms with Gasteiger partial charge in [0.15, 0.2) is 11.6 Å². The predicted octanol–water partition coefficient (Wildman–Crippen LogP) is 3.00. The summed E-state index contributed by atoms with van der Waals surface area (Å²) in [6.45, 7) is 1.20. The first-order valence-corrected chi connectivity index (χ1v) is 7.90. The molecule has 1 aromatic carbocycles. The highest BCUT2D eigenvalue weighted by Gasteiger charge is 2.24. The number of rotatable bonds is 6. The first-order chi connectivity index (χ1) is 11.0. The maximum Gasteiger partial charge on any atom is 0.303 e. The van der Waals surface area contributed by atoms with Crippen LogP contribution in [0.15, 0.2) is 18.2 Å². The van der Waals surface area contributed by atoms with Crippen molar-refractivity contribution in [2.45, 2.75) is 38.5 Å². The molecule has 1 atom stereocenters. The van der Waals surface area contributed by atoms with Crippen LogP contribution in [0.1, 0.15) is 37.7 Å². The predicted molar refractivity (Wildman–Crippen MR) is 80.9 cm³/mol. The number of piperidine rings is 1. The van der Waals surface area contributed by atoms with Crippen LogP contribution in [0, 0.1) is 17.6 Å². The van der Waals surface area contributed by atoms with Crippen LogP contribution in [0.2, 0.25) is 0 Å². The monoisotopic (exact) mass is 325 g/mol. The number of hydrogen-bond donors (Lipinski definition) is 1. The number of carbonyl (C=O) groups excluding carboxylic acids is 1. The molecule has 1 heterocycles. The molecule has 1 amide bonds. The molecular formula is C17H21F2NO3. The Hall–Kier alpha value is -1.98. The van der Waals surface area contributed by atoms with Gasteiger partial charge in [-0.2, -0.15) is 0 Å². The van der Waals surface area contributed by atoms with Crippen molar-refractivity contribution in [3.8, 4) is 0 Å². The Kier molecular flexibility index (Phi) is 6.07. The minimum Gasteiger partial charge on any atom is -0.481 e. The summed E-state index contributed by atoms with van der Waals surface area (Å²) in [6, 6.07) is 3.97. The van der Waals surface area contributed by atoms with E-state index in [4.69, 9.17) is 5.11 Å². The second-order valence-electron chi connectivity index (χ2n) is 5.99. The third-order valence-corrected chi connectivity index (χ3v) is 4.28. The summed E-state index contributed by atoms with van der Waals surface area (Å²) in [5.41, 5.74) is 0.206. The van der Waals surface area contributed by atoms with E-state index in [9.17, 15) is 18.4 Å². The molecule has 0 aromatic heterocycles. The summed E-state index contributed by atoms with van der Waals surface area (Å²) < 4.78 is 26.7. The van der Waals surface area contributed by atoms with Crippen molar-refractivity contribution in [2.24, 2.45) is 5.92 Å². The van der Waals surface area contributed by atoms with Gasteiger partial charge in [-0.15, -0.1) is 0 Å². The number of carbonyl (C=O) groups is 2. The van der Waals surface area contributed by atoms with Gasteiger partial charge in [0, 0.05) is 25.9 Å². The molecule has 1 N–H and O–H groups in total. The number of aliphatic carboxylic acids is 1. The molecule has 0 radical (unpaired) electrons. The fraction of sp³-hybridized carbons (Fsp3) is 0.529. The average Bonchev–Trinajstić information content (AvgIpc) is 2.54. The van der Waals surface area contributed by atoms with E-state index in [0.717, 1.165) is 18.9 Å². The Morgan fingerprint density at radius 1 is 1.26 bits per heavy atom. The molecule has 0 aliphatic carbocycles. The van der Waals surface area contributed by atoms with Crippen molar-refractivity contribution in [2.75, 3.05) is 13.1 Å². The molecule has 126 valence electrons. The van der Waals surface area contributed by atoms with Gasteiger partial charge in [-0.05, 0) is 43.2 Å². The molecule has 0 spiro atoms. The quantitative estimate of drug-likeness (QED) is 0.875. The van der Waals surface area contributed by atoms with Gasteiger partial charge in [-0.3, -0.25) is 9.59 Å². The SMILES string of the molecule is O=C(O)CCC1CCCN(C(=O)CCc2cccc(F)c2F)C1. The third kappa shape index (κ3) is 5.01. The molecule has 23 heavy (non-hydrogen) atoms. The van der Waals surface area contributed by atoms with Crippen molar-refractivity contribution < 1.29 is 23.5 Å². The molecular weight excluding hydrogens is 304 g/mol. The molecule has 1 fully saturated rings. The van der Waals surface area contributed by atoms with Gasteiger partial charge >= 0.3 is 5.97 Å². The highest BCUT2D eigenvalue weighted by Crippen LogP contribution is 2.22. The normalized spacial score (nSPS) is 18.0. The van der Waals surface area contributed by atoms with Crippen molar-refractivity contribution in [1.82, 2.24) is 4.90 Å². The highest BCUT2D eigenvalue weighted by atomic mass is 19.2. The largest absolute Gasteiger partial charge is 0.481 e. The Balaban J connectivity index is 1.85. The first-order valence-electron chi connectivity index (χ1n) is 7.90. The lowest BCUT2D eigenvalue weighted by Crippen LogP contribution is -2.40. The smallest absolute Gasteiger partial charge is 0.303 e. The van der Waals surface area contributed by atoms with E-state index in [-0.39, 0.29) is 36.7 Å². The molecule has 0 saturated carbocycles. The van der Waals surface area contributed by atoms with Crippen LogP contribution in [-0.4, -0.2) is 35.0 Å². The van der Waals surface area contributed by atoms with Crippen LogP contribution >= 0.6 is 0 Å². The van der Waals surface area contributed by atoms with E-state index in [2.05, 4.69) is 0 Å². The van der Waals surface area contributed by atoms with Crippen molar-refractivity contribution in [1.29, 1.82) is 0 Å². The van der Waals surface area contributed by atoms with Gasteiger partial charge in [0.2, 0.25) is 5.91 Å². The minimum atomic E-state index is -0.901. The third-order valence-electron chi connectivity index (χ3n) is 4.28. The lowest BCUT2D eigenvalue weighted by Gasteiger charge is -2.32. The van der Waals surface area contributed by atoms with Crippen LogP contribution in [0.4, 0.5) is 8.78 Å². The van der Waals surface area contributed by atoms with Crippen LogP contribution < -0.4 is 0 Å². The van der Waals surface area contributed by atoms with Crippen molar-refractivity contribution in [3.05, 3.63) is 35.4 Å². The van der Waals surface area contributed by atoms with Crippen LogP contribution in [0.3, 0.4) is 0 Å². The van der Waals surface area contributed by atoms with Gasteiger partial charge in [-0.1, -0.05) is 12.1 Å². The maximum absolute atomic E-state index is 13.6.